The first-order valence-electron chi connectivity index (χ1n) is 6.61. The largest absolute Gasteiger partial charge is 0.316 e. The summed E-state index contributed by atoms with van der Waals surface area (Å²) in [5.41, 5.74) is 3.14. The summed E-state index contributed by atoms with van der Waals surface area (Å²) in [6.07, 6.45) is 1.62. The van der Waals surface area contributed by atoms with Gasteiger partial charge in [-0.3, -0.25) is 4.68 Å². The Bertz CT molecular complexity index is 595. The summed E-state index contributed by atoms with van der Waals surface area (Å²) >= 11 is 3.58. The molecule has 0 amide bonds. The van der Waals surface area contributed by atoms with Crippen molar-refractivity contribution in [2.24, 2.45) is 7.05 Å². The highest BCUT2D eigenvalue weighted by molar-refractivity contribution is 9.10. The number of nitrogens with zero attached hydrogens (tertiary/aromatic N) is 2. The third-order valence-corrected chi connectivity index (χ3v) is 4.51. The first kappa shape index (κ1) is 15.2. The molecular formula is C15H19BrFN3. The summed E-state index contributed by atoms with van der Waals surface area (Å²) in [5, 5.41) is 7.70. The zero-order chi connectivity index (χ0) is 14.7. The second-order valence-electron chi connectivity index (χ2n) is 4.99. The Morgan fingerprint density at radius 2 is 2.15 bits per heavy atom. The molecule has 1 aromatic carbocycles. The standard InChI is InChI=1S/C15H19BrFN3/c1-10-15(16)14(20(3)19-10)9-13(18-2)8-11-5-4-6-12(17)7-11/h4-7,13,18H,8-9H2,1-3H3. The zero-order valence-electron chi connectivity index (χ0n) is 12.0. The second-order valence-corrected chi connectivity index (χ2v) is 5.79. The second kappa shape index (κ2) is 6.50. The van der Waals surface area contributed by atoms with Crippen LogP contribution in [0.3, 0.4) is 0 Å². The third kappa shape index (κ3) is 3.46. The third-order valence-electron chi connectivity index (χ3n) is 3.48. The molecule has 0 fully saturated rings. The monoisotopic (exact) mass is 339 g/mol. The zero-order valence-corrected chi connectivity index (χ0v) is 13.5. The summed E-state index contributed by atoms with van der Waals surface area (Å²) in [6, 6.07) is 7.01. The van der Waals surface area contributed by atoms with E-state index in [1.165, 1.54) is 6.07 Å². The molecule has 0 aliphatic rings. The number of likely N-dealkylation sites (N-methyl/N-ethyl adjacent to an activating group) is 1. The molecule has 0 saturated carbocycles. The molecule has 20 heavy (non-hydrogen) atoms. The van der Waals surface area contributed by atoms with Crippen molar-refractivity contribution < 1.29 is 4.39 Å². The first-order valence-corrected chi connectivity index (χ1v) is 7.40. The molecule has 1 atom stereocenters. The van der Waals surface area contributed by atoms with E-state index >= 15 is 0 Å². The van der Waals surface area contributed by atoms with E-state index in [9.17, 15) is 4.39 Å². The van der Waals surface area contributed by atoms with Crippen LogP contribution in [0.5, 0.6) is 0 Å². The molecule has 0 radical (unpaired) electrons. The summed E-state index contributed by atoms with van der Waals surface area (Å²) < 4.78 is 16.2. The van der Waals surface area contributed by atoms with E-state index in [0.29, 0.717) is 0 Å². The van der Waals surface area contributed by atoms with Crippen molar-refractivity contribution in [3.63, 3.8) is 0 Å². The van der Waals surface area contributed by atoms with Crippen LogP contribution in [0.15, 0.2) is 28.7 Å². The molecule has 1 heterocycles. The molecule has 2 aromatic rings. The van der Waals surface area contributed by atoms with Gasteiger partial charge in [-0.1, -0.05) is 12.1 Å². The molecule has 108 valence electrons. The minimum atomic E-state index is -0.185. The number of hydrogen-bond donors (Lipinski definition) is 1. The Balaban J connectivity index is 2.13. The number of aryl methyl sites for hydroxylation is 2. The van der Waals surface area contributed by atoms with E-state index in [1.54, 1.807) is 12.1 Å². The lowest BCUT2D eigenvalue weighted by Gasteiger charge is -2.17. The number of nitrogens with one attached hydrogen (secondary N) is 1. The van der Waals surface area contributed by atoms with Gasteiger partial charge in [-0.05, 0) is 54.0 Å². The van der Waals surface area contributed by atoms with Gasteiger partial charge in [0.15, 0.2) is 0 Å². The highest BCUT2D eigenvalue weighted by Gasteiger charge is 2.16. The van der Waals surface area contributed by atoms with E-state index in [0.717, 1.165) is 34.3 Å². The van der Waals surface area contributed by atoms with Crippen LogP contribution in [-0.2, 0) is 19.9 Å². The molecule has 1 N–H and O–H groups in total. The number of rotatable bonds is 5. The lowest BCUT2D eigenvalue weighted by Crippen LogP contribution is -2.30. The number of halogens is 2. The molecular weight excluding hydrogens is 321 g/mol. The van der Waals surface area contributed by atoms with Gasteiger partial charge in [-0.2, -0.15) is 5.10 Å². The molecule has 0 bridgehead atoms. The van der Waals surface area contributed by atoms with Gasteiger partial charge in [-0.25, -0.2) is 4.39 Å². The maximum Gasteiger partial charge on any atom is 0.123 e. The Kier molecular flexibility index (Phi) is 4.94. The molecule has 1 aromatic heterocycles. The van der Waals surface area contributed by atoms with Gasteiger partial charge < -0.3 is 5.32 Å². The maximum atomic E-state index is 13.2. The quantitative estimate of drug-likeness (QED) is 0.907. The fourth-order valence-electron chi connectivity index (χ4n) is 2.36. The predicted octanol–water partition coefficient (Wildman–Crippen LogP) is 3.00. The maximum absolute atomic E-state index is 13.2. The van der Waals surface area contributed by atoms with E-state index in [4.69, 9.17) is 0 Å². The fourth-order valence-corrected chi connectivity index (χ4v) is 2.86. The highest BCUT2D eigenvalue weighted by atomic mass is 79.9. The van der Waals surface area contributed by atoms with Crippen molar-refractivity contribution in [1.82, 2.24) is 15.1 Å². The number of hydrogen-bond acceptors (Lipinski definition) is 2. The molecule has 2 rings (SSSR count). The minimum absolute atomic E-state index is 0.185. The average molecular weight is 340 g/mol. The average Bonchev–Trinajstić information content (AvgIpc) is 2.64. The molecule has 0 aliphatic heterocycles. The Hall–Kier alpha value is -1.20. The van der Waals surface area contributed by atoms with Gasteiger partial charge in [0.1, 0.15) is 5.82 Å². The molecule has 0 spiro atoms. The van der Waals surface area contributed by atoms with E-state index < -0.39 is 0 Å². The summed E-state index contributed by atoms with van der Waals surface area (Å²) in [5.74, 6) is -0.185. The van der Waals surface area contributed by atoms with Gasteiger partial charge >= 0.3 is 0 Å². The minimum Gasteiger partial charge on any atom is -0.316 e. The van der Waals surface area contributed by atoms with Gasteiger partial charge in [0.2, 0.25) is 0 Å². The topological polar surface area (TPSA) is 29.9 Å². The van der Waals surface area contributed by atoms with E-state index in [-0.39, 0.29) is 11.9 Å². The summed E-state index contributed by atoms with van der Waals surface area (Å²) in [6.45, 7) is 1.98. The lowest BCUT2D eigenvalue weighted by atomic mass is 10.0. The van der Waals surface area contributed by atoms with Crippen molar-refractivity contribution in [3.05, 3.63) is 51.5 Å². The summed E-state index contributed by atoms with van der Waals surface area (Å²) in [4.78, 5) is 0. The normalized spacial score (nSPS) is 12.7. The van der Waals surface area contributed by atoms with E-state index in [1.807, 2.05) is 31.8 Å². The van der Waals surface area contributed by atoms with Crippen molar-refractivity contribution in [2.75, 3.05) is 7.05 Å². The van der Waals surface area contributed by atoms with Crippen LogP contribution in [0, 0.1) is 12.7 Å². The highest BCUT2D eigenvalue weighted by Crippen LogP contribution is 2.22. The van der Waals surface area contributed by atoms with Crippen LogP contribution in [0.2, 0.25) is 0 Å². The summed E-state index contributed by atoms with van der Waals surface area (Å²) in [7, 11) is 3.88. The molecule has 0 saturated heterocycles. The molecule has 1 unspecified atom stereocenters. The van der Waals surface area contributed by atoms with Gasteiger partial charge in [0.05, 0.1) is 15.9 Å². The smallest absolute Gasteiger partial charge is 0.123 e. The van der Waals surface area contributed by atoms with Gasteiger partial charge in [0.25, 0.3) is 0 Å². The van der Waals surface area contributed by atoms with Crippen LogP contribution in [0.4, 0.5) is 4.39 Å². The van der Waals surface area contributed by atoms with E-state index in [2.05, 4.69) is 26.3 Å². The van der Waals surface area contributed by atoms with Crippen molar-refractivity contribution >= 4 is 15.9 Å². The molecule has 0 aliphatic carbocycles. The van der Waals surface area contributed by atoms with Crippen LogP contribution in [0.25, 0.3) is 0 Å². The lowest BCUT2D eigenvalue weighted by molar-refractivity contribution is 0.530. The van der Waals surface area contributed by atoms with Crippen LogP contribution in [-0.4, -0.2) is 22.9 Å². The van der Waals surface area contributed by atoms with Crippen molar-refractivity contribution in [2.45, 2.75) is 25.8 Å². The Labute approximate surface area is 127 Å². The van der Waals surface area contributed by atoms with Gasteiger partial charge in [-0.15, -0.1) is 0 Å². The first-order chi connectivity index (χ1) is 9.51. The van der Waals surface area contributed by atoms with Crippen LogP contribution < -0.4 is 5.32 Å². The van der Waals surface area contributed by atoms with Crippen molar-refractivity contribution in [1.29, 1.82) is 0 Å². The van der Waals surface area contributed by atoms with Gasteiger partial charge in [0, 0.05) is 19.5 Å². The number of aromatic nitrogens is 2. The fraction of sp³-hybridized carbons (Fsp3) is 0.400. The molecule has 3 nitrogen and oxygen atoms in total. The predicted molar refractivity (Wildman–Crippen MR) is 82.3 cm³/mol. The Morgan fingerprint density at radius 1 is 1.40 bits per heavy atom. The Morgan fingerprint density at radius 3 is 2.70 bits per heavy atom. The van der Waals surface area contributed by atoms with Crippen LogP contribution >= 0.6 is 15.9 Å². The SMILES string of the molecule is CNC(Cc1cccc(F)c1)Cc1c(Br)c(C)nn1C. The van der Waals surface area contributed by atoms with Crippen LogP contribution in [0.1, 0.15) is 17.0 Å². The number of benzene rings is 1. The molecule has 5 heteroatoms. The van der Waals surface area contributed by atoms with Crippen molar-refractivity contribution in [3.8, 4) is 0 Å².